The first-order valence-electron chi connectivity index (χ1n) is 5.08. The van der Waals surface area contributed by atoms with Gasteiger partial charge >= 0.3 is 5.97 Å². The Balaban J connectivity index is 2.32. The Kier molecular flexibility index (Phi) is 4.17. The van der Waals surface area contributed by atoms with E-state index in [1.807, 2.05) is 11.8 Å². The van der Waals surface area contributed by atoms with Crippen LogP contribution in [0.2, 0.25) is 5.02 Å². The summed E-state index contributed by atoms with van der Waals surface area (Å²) in [5, 5.41) is 9.58. The van der Waals surface area contributed by atoms with Crippen LogP contribution in [0.15, 0.2) is 6.20 Å². The molecule has 2 heterocycles. The van der Waals surface area contributed by atoms with Gasteiger partial charge in [-0.2, -0.15) is 11.8 Å². The van der Waals surface area contributed by atoms with Gasteiger partial charge in [0.25, 0.3) is 0 Å². The minimum atomic E-state index is -1.11. The molecule has 0 saturated carbocycles. The van der Waals surface area contributed by atoms with Crippen LogP contribution in [-0.2, 0) is 0 Å². The minimum Gasteiger partial charge on any atom is -0.476 e. The van der Waals surface area contributed by atoms with Gasteiger partial charge in [0.15, 0.2) is 5.69 Å². The monoisotopic (exact) mass is 290 g/mol. The van der Waals surface area contributed by atoms with Crippen LogP contribution in [-0.4, -0.2) is 37.8 Å². The maximum atomic E-state index is 11.0. The molecule has 1 N–H and O–H groups in total. The fourth-order valence-corrected chi connectivity index (χ4v) is 4.45. The lowest BCUT2D eigenvalue weighted by atomic mass is 10.3. The summed E-state index contributed by atoms with van der Waals surface area (Å²) in [5.41, 5.74) is -0.111. The molecule has 0 bridgehead atoms. The van der Waals surface area contributed by atoms with E-state index in [-0.39, 0.29) is 16.0 Å². The zero-order valence-corrected chi connectivity index (χ0v) is 11.5. The Morgan fingerprint density at radius 2 is 2.24 bits per heavy atom. The molecule has 1 aromatic heterocycles. The molecule has 17 heavy (non-hydrogen) atoms. The second kappa shape index (κ2) is 5.46. The number of rotatable bonds is 2. The van der Waals surface area contributed by atoms with E-state index in [1.54, 1.807) is 11.8 Å². The van der Waals surface area contributed by atoms with E-state index in [2.05, 4.69) is 16.9 Å². The SMILES string of the molecule is CC1SCCSC1c1ncc(Cl)c(C(=O)O)n1. The molecule has 2 atom stereocenters. The molecule has 0 spiro atoms. The van der Waals surface area contributed by atoms with E-state index in [0.717, 1.165) is 11.5 Å². The van der Waals surface area contributed by atoms with Gasteiger partial charge in [-0.3, -0.25) is 0 Å². The van der Waals surface area contributed by atoms with Crippen LogP contribution in [0.5, 0.6) is 0 Å². The summed E-state index contributed by atoms with van der Waals surface area (Å²) in [5.74, 6) is 1.60. The molecule has 2 unspecified atom stereocenters. The Morgan fingerprint density at radius 1 is 1.53 bits per heavy atom. The standard InChI is InChI=1S/C10H11ClN2O2S2/c1-5-8(17-3-2-16-5)9-12-4-6(11)7(13-9)10(14)15/h4-5,8H,2-3H2,1H3,(H,14,15). The van der Waals surface area contributed by atoms with Gasteiger partial charge in [-0.1, -0.05) is 18.5 Å². The van der Waals surface area contributed by atoms with Crippen molar-refractivity contribution >= 4 is 41.1 Å². The molecule has 1 aliphatic heterocycles. The maximum Gasteiger partial charge on any atom is 0.356 e. The number of nitrogens with zero attached hydrogens (tertiary/aromatic N) is 2. The number of hydrogen-bond acceptors (Lipinski definition) is 5. The summed E-state index contributed by atoms with van der Waals surface area (Å²) < 4.78 is 0. The number of carboxylic acids is 1. The van der Waals surface area contributed by atoms with Crippen LogP contribution >= 0.6 is 35.1 Å². The smallest absolute Gasteiger partial charge is 0.356 e. The highest BCUT2D eigenvalue weighted by Gasteiger charge is 2.27. The first kappa shape index (κ1) is 13.0. The van der Waals surface area contributed by atoms with Gasteiger partial charge in [0.1, 0.15) is 5.82 Å². The first-order valence-corrected chi connectivity index (χ1v) is 7.56. The lowest BCUT2D eigenvalue weighted by Gasteiger charge is -2.26. The second-order valence-electron chi connectivity index (χ2n) is 3.60. The molecule has 1 saturated heterocycles. The number of carbonyl (C=O) groups is 1. The average Bonchev–Trinajstić information content (AvgIpc) is 2.30. The van der Waals surface area contributed by atoms with Crippen molar-refractivity contribution in [1.29, 1.82) is 0 Å². The summed E-state index contributed by atoms with van der Waals surface area (Å²) in [7, 11) is 0. The second-order valence-corrected chi connectivity index (χ2v) is 6.74. The van der Waals surface area contributed by atoms with E-state index >= 15 is 0 Å². The number of aromatic carboxylic acids is 1. The molecule has 0 aromatic carbocycles. The summed E-state index contributed by atoms with van der Waals surface area (Å²) in [4.78, 5) is 19.2. The molecule has 0 radical (unpaired) electrons. The number of aromatic nitrogens is 2. The number of hydrogen-bond donors (Lipinski definition) is 1. The summed E-state index contributed by atoms with van der Waals surface area (Å²) in [6.45, 7) is 2.11. The topological polar surface area (TPSA) is 63.1 Å². The molecule has 2 rings (SSSR count). The third-order valence-corrected chi connectivity index (χ3v) is 5.77. The Morgan fingerprint density at radius 3 is 2.88 bits per heavy atom. The highest BCUT2D eigenvalue weighted by molar-refractivity contribution is 8.06. The zero-order chi connectivity index (χ0) is 12.4. The third-order valence-electron chi connectivity index (χ3n) is 2.41. The zero-order valence-electron chi connectivity index (χ0n) is 9.09. The quantitative estimate of drug-likeness (QED) is 0.903. The van der Waals surface area contributed by atoms with E-state index in [9.17, 15) is 4.79 Å². The predicted octanol–water partition coefficient (Wildman–Crippen LogP) is 2.74. The third kappa shape index (κ3) is 2.86. The minimum absolute atomic E-state index is 0.0855. The van der Waals surface area contributed by atoms with Crippen LogP contribution < -0.4 is 0 Å². The van der Waals surface area contributed by atoms with Gasteiger partial charge in [0, 0.05) is 16.8 Å². The van der Waals surface area contributed by atoms with Crippen molar-refractivity contribution in [3.05, 3.63) is 22.7 Å². The highest BCUT2D eigenvalue weighted by atomic mass is 35.5. The molecule has 1 fully saturated rings. The normalized spacial score (nSPS) is 24.6. The Bertz CT molecular complexity index is 444. The van der Waals surface area contributed by atoms with Crippen molar-refractivity contribution in [2.75, 3.05) is 11.5 Å². The van der Waals surface area contributed by atoms with E-state index in [1.165, 1.54) is 6.20 Å². The molecular weight excluding hydrogens is 280 g/mol. The molecule has 0 aliphatic carbocycles. The number of carboxylic acid groups (broad SMARTS) is 1. The van der Waals surface area contributed by atoms with Gasteiger partial charge in [-0.25, -0.2) is 14.8 Å². The van der Waals surface area contributed by atoms with Crippen LogP contribution in [0.1, 0.15) is 28.5 Å². The molecule has 92 valence electrons. The first-order chi connectivity index (χ1) is 8.09. The summed E-state index contributed by atoms with van der Waals surface area (Å²) in [6, 6.07) is 0. The summed E-state index contributed by atoms with van der Waals surface area (Å²) in [6.07, 6.45) is 1.37. The van der Waals surface area contributed by atoms with Gasteiger partial charge in [0.2, 0.25) is 0 Å². The lowest BCUT2D eigenvalue weighted by molar-refractivity contribution is 0.0690. The van der Waals surface area contributed by atoms with Crippen LogP contribution in [0.4, 0.5) is 0 Å². The fraction of sp³-hybridized carbons (Fsp3) is 0.500. The lowest BCUT2D eigenvalue weighted by Crippen LogP contribution is -2.19. The largest absolute Gasteiger partial charge is 0.476 e. The van der Waals surface area contributed by atoms with Crippen molar-refractivity contribution in [2.24, 2.45) is 0 Å². The molecule has 0 amide bonds. The van der Waals surface area contributed by atoms with Crippen molar-refractivity contribution in [2.45, 2.75) is 17.4 Å². The van der Waals surface area contributed by atoms with E-state index in [0.29, 0.717) is 11.1 Å². The van der Waals surface area contributed by atoms with Crippen molar-refractivity contribution in [3.63, 3.8) is 0 Å². The van der Waals surface area contributed by atoms with Gasteiger partial charge in [0.05, 0.1) is 16.5 Å². The van der Waals surface area contributed by atoms with Crippen molar-refractivity contribution in [1.82, 2.24) is 9.97 Å². The van der Waals surface area contributed by atoms with Crippen molar-refractivity contribution in [3.8, 4) is 0 Å². The molecule has 1 aliphatic rings. The van der Waals surface area contributed by atoms with Crippen LogP contribution in [0, 0.1) is 0 Å². The van der Waals surface area contributed by atoms with Gasteiger partial charge in [-0.15, -0.1) is 11.8 Å². The number of thioether (sulfide) groups is 2. The predicted molar refractivity (Wildman–Crippen MR) is 71.1 cm³/mol. The molecule has 7 heteroatoms. The fourth-order valence-electron chi connectivity index (χ4n) is 1.58. The van der Waals surface area contributed by atoms with Gasteiger partial charge < -0.3 is 5.11 Å². The highest BCUT2D eigenvalue weighted by Crippen LogP contribution is 2.41. The Hall–Kier alpha value is -0.460. The molecule has 1 aromatic rings. The van der Waals surface area contributed by atoms with E-state index < -0.39 is 5.97 Å². The molecular formula is C10H11ClN2O2S2. The maximum absolute atomic E-state index is 11.0. The van der Waals surface area contributed by atoms with Crippen LogP contribution in [0.3, 0.4) is 0 Å². The Labute approximate surface area is 113 Å². The van der Waals surface area contributed by atoms with Crippen molar-refractivity contribution < 1.29 is 9.90 Å². The average molecular weight is 291 g/mol. The van der Waals surface area contributed by atoms with Gasteiger partial charge in [-0.05, 0) is 0 Å². The van der Waals surface area contributed by atoms with Crippen LogP contribution in [0.25, 0.3) is 0 Å². The number of halogens is 1. The van der Waals surface area contributed by atoms with E-state index in [4.69, 9.17) is 16.7 Å². The summed E-state index contributed by atoms with van der Waals surface area (Å²) >= 11 is 9.38. The molecule has 4 nitrogen and oxygen atoms in total.